The summed E-state index contributed by atoms with van der Waals surface area (Å²) in [5.74, 6) is 1.07. The number of anilines is 1. The maximum absolute atomic E-state index is 5.63. The van der Waals surface area contributed by atoms with Crippen LogP contribution in [0.5, 0.6) is 11.8 Å². The third kappa shape index (κ3) is 2.48. The second kappa shape index (κ2) is 5.31. The molecule has 0 unspecified atom stereocenters. The van der Waals surface area contributed by atoms with Gasteiger partial charge in [0.2, 0.25) is 17.7 Å². The Kier molecular flexibility index (Phi) is 3.57. The predicted octanol–water partition coefficient (Wildman–Crippen LogP) is 1.53. The monoisotopic (exact) mass is 246 g/mol. The first-order valence-corrected chi connectivity index (χ1v) is 5.51. The van der Waals surface area contributed by atoms with E-state index in [1.807, 2.05) is 19.1 Å². The third-order valence-electron chi connectivity index (χ3n) is 2.26. The lowest BCUT2D eigenvalue weighted by Crippen LogP contribution is -2.01. The number of aromatic nitrogens is 3. The average molecular weight is 246 g/mol. The normalized spacial score (nSPS) is 10.1. The van der Waals surface area contributed by atoms with Gasteiger partial charge in [0.1, 0.15) is 0 Å². The van der Waals surface area contributed by atoms with Gasteiger partial charge in [0, 0.05) is 12.3 Å². The molecule has 6 nitrogen and oxygen atoms in total. The molecule has 0 saturated carbocycles. The van der Waals surface area contributed by atoms with Crippen LogP contribution in [0.3, 0.4) is 0 Å². The Hall–Kier alpha value is -2.37. The van der Waals surface area contributed by atoms with Gasteiger partial charge in [-0.2, -0.15) is 4.98 Å². The Morgan fingerprint density at radius 3 is 2.89 bits per heavy atom. The van der Waals surface area contributed by atoms with E-state index in [-0.39, 0.29) is 5.95 Å². The van der Waals surface area contributed by atoms with Crippen LogP contribution in [0.15, 0.2) is 24.4 Å². The van der Waals surface area contributed by atoms with Crippen molar-refractivity contribution in [2.24, 2.45) is 0 Å². The number of ether oxygens (including phenoxy) is 2. The molecule has 0 bridgehead atoms. The molecule has 6 heteroatoms. The van der Waals surface area contributed by atoms with Gasteiger partial charge in [-0.15, -0.1) is 0 Å². The molecule has 0 aromatic carbocycles. The molecule has 2 aromatic heterocycles. The number of pyridine rings is 1. The summed E-state index contributed by atoms with van der Waals surface area (Å²) in [6.45, 7) is 2.43. The minimum atomic E-state index is 0.149. The highest BCUT2D eigenvalue weighted by molar-refractivity contribution is 5.66. The Balaban J connectivity index is 2.50. The minimum Gasteiger partial charge on any atom is -0.481 e. The molecule has 0 aliphatic rings. The van der Waals surface area contributed by atoms with Crippen LogP contribution in [0.2, 0.25) is 0 Å². The number of hydrogen-bond donors (Lipinski definition) is 1. The van der Waals surface area contributed by atoms with E-state index in [2.05, 4.69) is 15.0 Å². The van der Waals surface area contributed by atoms with Crippen LogP contribution in [-0.2, 0) is 0 Å². The van der Waals surface area contributed by atoms with Crippen LogP contribution in [0.4, 0.5) is 5.95 Å². The summed E-state index contributed by atoms with van der Waals surface area (Å²) >= 11 is 0. The van der Waals surface area contributed by atoms with Crippen LogP contribution >= 0.6 is 0 Å². The van der Waals surface area contributed by atoms with Gasteiger partial charge in [0.25, 0.3) is 0 Å². The average Bonchev–Trinajstić information content (AvgIpc) is 2.39. The Morgan fingerprint density at radius 1 is 1.33 bits per heavy atom. The van der Waals surface area contributed by atoms with Crippen molar-refractivity contribution in [1.82, 2.24) is 15.0 Å². The Labute approximate surface area is 105 Å². The number of nitrogens with zero attached hydrogens (tertiary/aromatic N) is 3. The lowest BCUT2D eigenvalue weighted by molar-refractivity contribution is 0.328. The SMILES string of the molecule is CCOc1ncccc1-c1cc(OC)nc(N)n1. The summed E-state index contributed by atoms with van der Waals surface area (Å²) in [5, 5.41) is 0. The Morgan fingerprint density at radius 2 is 2.17 bits per heavy atom. The standard InChI is InChI=1S/C12H14N4O2/c1-3-18-11-8(5-4-6-14-11)9-7-10(17-2)16-12(13)15-9/h4-7H,3H2,1-2H3,(H2,13,15,16). The maximum atomic E-state index is 5.63. The fraction of sp³-hybridized carbons (Fsp3) is 0.250. The van der Waals surface area contributed by atoms with Crippen LogP contribution in [0.1, 0.15) is 6.92 Å². The van der Waals surface area contributed by atoms with E-state index in [1.54, 1.807) is 12.3 Å². The van der Waals surface area contributed by atoms with E-state index in [1.165, 1.54) is 7.11 Å². The van der Waals surface area contributed by atoms with E-state index in [9.17, 15) is 0 Å². The second-order valence-electron chi connectivity index (χ2n) is 3.44. The van der Waals surface area contributed by atoms with E-state index in [0.29, 0.717) is 24.1 Å². The Bertz CT molecular complexity index is 545. The summed E-state index contributed by atoms with van der Waals surface area (Å²) in [6, 6.07) is 5.36. The predicted molar refractivity (Wildman–Crippen MR) is 67.4 cm³/mol. The molecular weight excluding hydrogens is 232 g/mol. The molecule has 94 valence electrons. The van der Waals surface area contributed by atoms with Crippen molar-refractivity contribution in [3.8, 4) is 23.0 Å². The van der Waals surface area contributed by atoms with Crippen molar-refractivity contribution in [2.75, 3.05) is 19.5 Å². The smallest absolute Gasteiger partial charge is 0.223 e. The molecule has 2 rings (SSSR count). The van der Waals surface area contributed by atoms with Crippen molar-refractivity contribution < 1.29 is 9.47 Å². The molecule has 0 amide bonds. The second-order valence-corrected chi connectivity index (χ2v) is 3.44. The van der Waals surface area contributed by atoms with E-state index in [0.717, 1.165) is 5.56 Å². The molecule has 0 aliphatic heterocycles. The summed E-state index contributed by atoms with van der Waals surface area (Å²) < 4.78 is 10.5. The van der Waals surface area contributed by atoms with Crippen molar-refractivity contribution in [1.29, 1.82) is 0 Å². The van der Waals surface area contributed by atoms with Gasteiger partial charge in [0.15, 0.2) is 0 Å². The first kappa shape index (κ1) is 12.1. The van der Waals surface area contributed by atoms with Gasteiger partial charge in [0.05, 0.1) is 25.0 Å². The molecule has 0 saturated heterocycles. The fourth-order valence-corrected chi connectivity index (χ4v) is 1.52. The quantitative estimate of drug-likeness (QED) is 0.880. The first-order valence-electron chi connectivity index (χ1n) is 5.51. The summed E-state index contributed by atoms with van der Waals surface area (Å²) in [4.78, 5) is 12.3. The number of nitrogen functional groups attached to an aromatic ring is 1. The topological polar surface area (TPSA) is 83.2 Å². The van der Waals surface area contributed by atoms with Crippen LogP contribution in [0.25, 0.3) is 11.3 Å². The summed E-state index contributed by atoms with van der Waals surface area (Å²) in [6.07, 6.45) is 1.66. The van der Waals surface area contributed by atoms with Crippen molar-refractivity contribution in [2.45, 2.75) is 6.92 Å². The zero-order chi connectivity index (χ0) is 13.0. The van der Waals surface area contributed by atoms with Gasteiger partial charge in [-0.05, 0) is 19.1 Å². The molecule has 18 heavy (non-hydrogen) atoms. The first-order chi connectivity index (χ1) is 8.74. The minimum absolute atomic E-state index is 0.149. The van der Waals surface area contributed by atoms with Gasteiger partial charge in [-0.25, -0.2) is 9.97 Å². The van der Waals surface area contributed by atoms with Crippen LogP contribution in [-0.4, -0.2) is 28.7 Å². The fourth-order valence-electron chi connectivity index (χ4n) is 1.52. The van der Waals surface area contributed by atoms with E-state index in [4.69, 9.17) is 15.2 Å². The van der Waals surface area contributed by atoms with Crippen molar-refractivity contribution >= 4 is 5.95 Å². The maximum Gasteiger partial charge on any atom is 0.223 e. The lowest BCUT2D eigenvalue weighted by atomic mass is 10.2. The van der Waals surface area contributed by atoms with E-state index < -0.39 is 0 Å². The highest BCUT2D eigenvalue weighted by atomic mass is 16.5. The summed E-state index contributed by atoms with van der Waals surface area (Å²) in [5.41, 5.74) is 7.01. The van der Waals surface area contributed by atoms with Gasteiger partial charge in [-0.1, -0.05) is 0 Å². The molecule has 0 fully saturated rings. The molecule has 0 atom stereocenters. The molecule has 0 aliphatic carbocycles. The number of nitrogens with two attached hydrogens (primary N) is 1. The van der Waals surface area contributed by atoms with Gasteiger partial charge < -0.3 is 15.2 Å². The van der Waals surface area contributed by atoms with Crippen LogP contribution < -0.4 is 15.2 Å². The molecule has 2 heterocycles. The lowest BCUT2D eigenvalue weighted by Gasteiger charge is -2.09. The van der Waals surface area contributed by atoms with Crippen LogP contribution in [0, 0.1) is 0 Å². The van der Waals surface area contributed by atoms with Crippen molar-refractivity contribution in [3.05, 3.63) is 24.4 Å². The highest BCUT2D eigenvalue weighted by Crippen LogP contribution is 2.28. The molecule has 2 aromatic rings. The summed E-state index contributed by atoms with van der Waals surface area (Å²) in [7, 11) is 1.53. The van der Waals surface area contributed by atoms with Crippen molar-refractivity contribution in [3.63, 3.8) is 0 Å². The molecule has 0 spiro atoms. The highest BCUT2D eigenvalue weighted by Gasteiger charge is 2.11. The third-order valence-corrected chi connectivity index (χ3v) is 2.26. The molecule has 2 N–H and O–H groups in total. The zero-order valence-electron chi connectivity index (χ0n) is 10.3. The molecular formula is C12H14N4O2. The molecule has 0 radical (unpaired) electrons. The zero-order valence-corrected chi connectivity index (χ0v) is 10.3. The van der Waals surface area contributed by atoms with E-state index >= 15 is 0 Å². The van der Waals surface area contributed by atoms with Gasteiger partial charge >= 0.3 is 0 Å². The number of hydrogen-bond acceptors (Lipinski definition) is 6. The largest absolute Gasteiger partial charge is 0.481 e. The number of rotatable bonds is 4. The van der Waals surface area contributed by atoms with Gasteiger partial charge in [-0.3, -0.25) is 0 Å². The number of methoxy groups -OCH3 is 1.